The molecule has 3 rings (SSSR count). The highest BCUT2D eigenvalue weighted by Gasteiger charge is 2.31. The van der Waals surface area contributed by atoms with Crippen molar-refractivity contribution in [1.29, 1.82) is 0 Å². The van der Waals surface area contributed by atoms with Crippen molar-refractivity contribution in [3.63, 3.8) is 0 Å². The molecule has 0 aliphatic rings. The number of carbonyl (C=O) groups excluding carboxylic acids is 1. The summed E-state index contributed by atoms with van der Waals surface area (Å²) in [5.74, 6) is -0.369. The van der Waals surface area contributed by atoms with Crippen molar-refractivity contribution in [2.45, 2.75) is 19.3 Å². The van der Waals surface area contributed by atoms with Gasteiger partial charge in [-0.15, -0.1) is 13.2 Å². The van der Waals surface area contributed by atoms with E-state index in [0.29, 0.717) is 28.3 Å². The standard InChI is InChI=1S/C22H21F3N4O4/c1-13(12-30)26-21-28-18(15-4-3-5-17(10-15)33-22(23,24)25)11-19(29-21)27-16-8-6-14(7-9-16)20(31)32-2/h3-11,13,30H,12H2,1-2H3,(H2,26,27,28,29)/t13-/m0/s1. The van der Waals surface area contributed by atoms with Crippen molar-refractivity contribution in [2.24, 2.45) is 0 Å². The van der Waals surface area contributed by atoms with Crippen LogP contribution in [0.3, 0.4) is 0 Å². The van der Waals surface area contributed by atoms with E-state index in [2.05, 4.69) is 30.1 Å². The number of hydrogen-bond acceptors (Lipinski definition) is 8. The maximum Gasteiger partial charge on any atom is 0.573 e. The van der Waals surface area contributed by atoms with E-state index in [4.69, 9.17) is 0 Å². The summed E-state index contributed by atoms with van der Waals surface area (Å²) >= 11 is 0. The van der Waals surface area contributed by atoms with E-state index < -0.39 is 12.3 Å². The molecule has 0 amide bonds. The van der Waals surface area contributed by atoms with Crippen molar-refractivity contribution >= 4 is 23.4 Å². The molecule has 1 atom stereocenters. The second-order valence-corrected chi connectivity index (χ2v) is 6.96. The average molecular weight is 462 g/mol. The topological polar surface area (TPSA) is 106 Å². The van der Waals surface area contributed by atoms with E-state index in [1.807, 2.05) is 0 Å². The number of aliphatic hydroxyl groups is 1. The fourth-order valence-corrected chi connectivity index (χ4v) is 2.80. The third kappa shape index (κ3) is 6.81. The molecule has 2 aromatic carbocycles. The third-order valence-corrected chi connectivity index (χ3v) is 4.32. The van der Waals surface area contributed by atoms with E-state index in [-0.39, 0.29) is 24.3 Å². The van der Waals surface area contributed by atoms with Gasteiger partial charge in [0.2, 0.25) is 5.95 Å². The molecular weight excluding hydrogens is 441 g/mol. The van der Waals surface area contributed by atoms with Crippen LogP contribution in [0.1, 0.15) is 17.3 Å². The first-order valence-corrected chi connectivity index (χ1v) is 9.75. The minimum absolute atomic E-state index is 0.157. The molecule has 0 saturated heterocycles. The van der Waals surface area contributed by atoms with Crippen LogP contribution in [-0.4, -0.2) is 47.2 Å². The molecule has 0 radical (unpaired) electrons. The number of methoxy groups -OCH3 is 1. The first-order valence-electron chi connectivity index (χ1n) is 9.75. The van der Waals surface area contributed by atoms with Crippen LogP contribution in [0.4, 0.5) is 30.6 Å². The van der Waals surface area contributed by atoms with Crippen LogP contribution in [0.25, 0.3) is 11.3 Å². The molecule has 0 fully saturated rings. The van der Waals surface area contributed by atoms with Gasteiger partial charge in [0.1, 0.15) is 11.6 Å². The first-order chi connectivity index (χ1) is 15.7. The predicted molar refractivity (Wildman–Crippen MR) is 115 cm³/mol. The van der Waals surface area contributed by atoms with Gasteiger partial charge in [-0.2, -0.15) is 4.98 Å². The molecule has 0 aliphatic carbocycles. The second kappa shape index (κ2) is 10.2. The molecule has 8 nitrogen and oxygen atoms in total. The lowest BCUT2D eigenvalue weighted by molar-refractivity contribution is -0.274. The number of carbonyl (C=O) groups is 1. The summed E-state index contributed by atoms with van der Waals surface area (Å²) in [6, 6.07) is 13.0. The van der Waals surface area contributed by atoms with Crippen molar-refractivity contribution in [3.05, 3.63) is 60.2 Å². The molecule has 11 heteroatoms. The zero-order valence-electron chi connectivity index (χ0n) is 17.7. The number of aromatic nitrogens is 2. The monoisotopic (exact) mass is 462 g/mol. The lowest BCUT2D eigenvalue weighted by Gasteiger charge is -2.15. The SMILES string of the molecule is COC(=O)c1ccc(Nc2cc(-c3cccc(OC(F)(F)F)c3)nc(N[C@@H](C)CO)n2)cc1. The number of esters is 1. The summed E-state index contributed by atoms with van der Waals surface area (Å²) in [4.78, 5) is 20.3. The Labute approximate surface area is 187 Å². The smallest absolute Gasteiger partial charge is 0.465 e. The van der Waals surface area contributed by atoms with E-state index in [1.54, 1.807) is 43.3 Å². The Kier molecular flexibility index (Phi) is 7.34. The Hall–Kier alpha value is -3.86. The Morgan fingerprint density at radius 3 is 2.48 bits per heavy atom. The largest absolute Gasteiger partial charge is 0.573 e. The Morgan fingerprint density at radius 1 is 1.12 bits per heavy atom. The van der Waals surface area contributed by atoms with Crippen LogP contribution in [0.5, 0.6) is 5.75 Å². The van der Waals surface area contributed by atoms with Crippen molar-refractivity contribution < 1.29 is 32.5 Å². The molecule has 0 spiro atoms. The van der Waals surface area contributed by atoms with Gasteiger partial charge in [-0.05, 0) is 43.3 Å². The molecule has 33 heavy (non-hydrogen) atoms. The van der Waals surface area contributed by atoms with Crippen LogP contribution < -0.4 is 15.4 Å². The number of benzene rings is 2. The summed E-state index contributed by atoms with van der Waals surface area (Å²) in [6.45, 7) is 1.53. The number of nitrogens with one attached hydrogen (secondary N) is 2. The van der Waals surface area contributed by atoms with Gasteiger partial charge in [0.25, 0.3) is 0 Å². The molecule has 1 heterocycles. The van der Waals surface area contributed by atoms with Crippen molar-refractivity contribution in [3.8, 4) is 17.0 Å². The van der Waals surface area contributed by atoms with Gasteiger partial charge in [0.05, 0.1) is 25.0 Å². The highest BCUT2D eigenvalue weighted by molar-refractivity contribution is 5.89. The van der Waals surface area contributed by atoms with E-state index in [1.165, 1.54) is 25.3 Å². The first kappa shape index (κ1) is 23.8. The highest BCUT2D eigenvalue weighted by atomic mass is 19.4. The van der Waals surface area contributed by atoms with Gasteiger partial charge in [-0.1, -0.05) is 12.1 Å². The summed E-state index contributed by atoms with van der Waals surface area (Å²) in [5.41, 5.74) is 1.65. The van der Waals surface area contributed by atoms with Gasteiger partial charge in [-0.3, -0.25) is 0 Å². The molecule has 1 aromatic heterocycles. The number of alkyl halides is 3. The van der Waals surface area contributed by atoms with Crippen LogP contribution in [-0.2, 0) is 4.74 Å². The average Bonchev–Trinajstić information content (AvgIpc) is 2.78. The summed E-state index contributed by atoms with van der Waals surface area (Å²) in [6.07, 6.45) is -4.82. The zero-order valence-corrected chi connectivity index (χ0v) is 17.7. The summed E-state index contributed by atoms with van der Waals surface area (Å²) in [7, 11) is 1.29. The fraction of sp³-hybridized carbons (Fsp3) is 0.227. The second-order valence-electron chi connectivity index (χ2n) is 6.96. The maximum absolute atomic E-state index is 12.6. The number of rotatable bonds is 8. The number of nitrogens with zero attached hydrogens (tertiary/aromatic N) is 2. The van der Waals surface area contributed by atoms with Crippen molar-refractivity contribution in [1.82, 2.24) is 9.97 Å². The summed E-state index contributed by atoms with van der Waals surface area (Å²) in [5, 5.41) is 15.3. The molecule has 0 saturated carbocycles. The van der Waals surface area contributed by atoms with E-state index in [0.717, 1.165) is 0 Å². The van der Waals surface area contributed by atoms with Gasteiger partial charge in [-0.25, -0.2) is 9.78 Å². The molecule has 0 aliphatic heterocycles. The molecule has 3 N–H and O–H groups in total. The van der Waals surface area contributed by atoms with Crippen molar-refractivity contribution in [2.75, 3.05) is 24.4 Å². The lowest BCUT2D eigenvalue weighted by atomic mass is 10.1. The van der Waals surface area contributed by atoms with E-state index in [9.17, 15) is 23.1 Å². The minimum Gasteiger partial charge on any atom is -0.465 e. The zero-order chi connectivity index (χ0) is 24.0. The number of hydrogen-bond donors (Lipinski definition) is 3. The fourth-order valence-electron chi connectivity index (χ4n) is 2.80. The van der Waals surface area contributed by atoms with Crippen LogP contribution in [0.15, 0.2) is 54.6 Å². The number of halogens is 3. The molecule has 0 bridgehead atoms. The van der Waals surface area contributed by atoms with Gasteiger partial charge in [0.15, 0.2) is 0 Å². The Morgan fingerprint density at radius 2 is 1.85 bits per heavy atom. The maximum atomic E-state index is 12.6. The van der Waals surface area contributed by atoms with E-state index >= 15 is 0 Å². The predicted octanol–water partition coefficient (Wildman–Crippen LogP) is 4.37. The molecular formula is C22H21F3N4O4. The number of anilines is 3. The number of aliphatic hydroxyl groups excluding tert-OH is 1. The normalized spacial score (nSPS) is 12.1. The van der Waals surface area contributed by atoms with Gasteiger partial charge >= 0.3 is 12.3 Å². The minimum atomic E-state index is -4.82. The Bertz CT molecular complexity index is 1110. The highest BCUT2D eigenvalue weighted by Crippen LogP contribution is 2.29. The van der Waals surface area contributed by atoms with Crippen LogP contribution in [0.2, 0.25) is 0 Å². The van der Waals surface area contributed by atoms with Crippen LogP contribution in [0, 0.1) is 0 Å². The Balaban J connectivity index is 1.94. The summed E-state index contributed by atoms with van der Waals surface area (Å²) < 4.78 is 46.5. The third-order valence-electron chi connectivity index (χ3n) is 4.32. The van der Waals surface area contributed by atoms with Crippen LogP contribution >= 0.6 is 0 Å². The van der Waals surface area contributed by atoms with Gasteiger partial charge in [0, 0.05) is 23.4 Å². The molecule has 0 unspecified atom stereocenters. The quantitative estimate of drug-likeness (QED) is 0.424. The van der Waals surface area contributed by atoms with Gasteiger partial charge < -0.3 is 25.2 Å². The molecule has 174 valence electrons. The molecule has 3 aromatic rings. The number of ether oxygens (including phenoxy) is 2. The lowest BCUT2D eigenvalue weighted by Crippen LogP contribution is -2.21.